The molecule has 1 fully saturated rings. The fraction of sp³-hybridized carbons (Fsp3) is 0.636. The molecule has 1 amide bonds. The Bertz CT molecular complexity index is 371. The Morgan fingerprint density at radius 3 is 3.35 bits per heavy atom. The Labute approximate surface area is 100 Å². The van der Waals surface area contributed by atoms with Crippen LogP contribution in [0.25, 0.3) is 0 Å². The predicted octanol–water partition coefficient (Wildman–Crippen LogP) is -0.320. The molecule has 0 bridgehead atoms. The third kappa shape index (κ3) is 3.28. The van der Waals surface area contributed by atoms with Gasteiger partial charge in [0.15, 0.2) is 0 Å². The van der Waals surface area contributed by atoms with Gasteiger partial charge in [0.25, 0.3) is 0 Å². The van der Waals surface area contributed by atoms with Crippen LogP contribution in [0.5, 0.6) is 0 Å². The Balaban J connectivity index is 1.93. The second kappa shape index (κ2) is 5.79. The number of aromatic nitrogens is 2. The molecular weight excluding hydrogens is 220 g/mol. The fourth-order valence-corrected chi connectivity index (χ4v) is 1.89. The van der Waals surface area contributed by atoms with Crippen molar-refractivity contribution < 1.29 is 9.53 Å². The van der Waals surface area contributed by atoms with Gasteiger partial charge in [-0.2, -0.15) is 0 Å². The minimum atomic E-state index is -0.0118. The largest absolute Gasteiger partial charge is 0.369 e. The normalized spacial score (nSPS) is 20.2. The molecule has 2 N–H and O–H groups in total. The molecule has 94 valence electrons. The van der Waals surface area contributed by atoms with E-state index in [0.717, 1.165) is 31.9 Å². The van der Waals surface area contributed by atoms with Crippen molar-refractivity contribution in [3.63, 3.8) is 0 Å². The average molecular weight is 238 g/mol. The maximum Gasteiger partial charge on any atom is 0.216 e. The molecule has 1 aliphatic heterocycles. The first-order valence-corrected chi connectivity index (χ1v) is 5.84. The highest BCUT2D eigenvalue weighted by molar-refractivity contribution is 5.72. The van der Waals surface area contributed by atoms with Gasteiger partial charge in [-0.25, -0.2) is 4.98 Å². The van der Waals surface area contributed by atoms with Gasteiger partial charge in [-0.05, 0) is 0 Å². The van der Waals surface area contributed by atoms with Crippen LogP contribution in [0.1, 0.15) is 18.7 Å². The van der Waals surface area contributed by atoms with Crippen LogP contribution in [-0.4, -0.2) is 41.7 Å². The zero-order valence-electron chi connectivity index (χ0n) is 9.98. The SMILES string of the molecule is CC(=O)NCCn1cncc1C1CNCCO1. The number of ether oxygens (including phenoxy) is 1. The molecule has 17 heavy (non-hydrogen) atoms. The third-order valence-corrected chi connectivity index (χ3v) is 2.73. The Morgan fingerprint density at radius 2 is 2.65 bits per heavy atom. The van der Waals surface area contributed by atoms with Crippen LogP contribution in [-0.2, 0) is 16.1 Å². The number of imidazole rings is 1. The van der Waals surface area contributed by atoms with E-state index in [1.165, 1.54) is 6.92 Å². The summed E-state index contributed by atoms with van der Waals surface area (Å²) < 4.78 is 7.70. The number of hydrogen-bond donors (Lipinski definition) is 2. The van der Waals surface area contributed by atoms with Gasteiger partial charge in [0, 0.05) is 33.1 Å². The summed E-state index contributed by atoms with van der Waals surface area (Å²) in [7, 11) is 0. The van der Waals surface area contributed by atoms with Gasteiger partial charge >= 0.3 is 0 Å². The van der Waals surface area contributed by atoms with Crippen molar-refractivity contribution in [3.05, 3.63) is 18.2 Å². The van der Waals surface area contributed by atoms with Crippen LogP contribution in [0.3, 0.4) is 0 Å². The summed E-state index contributed by atoms with van der Waals surface area (Å²) in [4.78, 5) is 14.9. The lowest BCUT2D eigenvalue weighted by atomic mass is 10.2. The lowest BCUT2D eigenvalue weighted by Crippen LogP contribution is -2.34. The molecule has 0 aromatic carbocycles. The second-order valence-corrected chi connectivity index (χ2v) is 4.06. The summed E-state index contributed by atoms with van der Waals surface area (Å²) in [6, 6.07) is 0. The van der Waals surface area contributed by atoms with Crippen molar-refractivity contribution in [2.75, 3.05) is 26.2 Å². The molecule has 1 aromatic rings. The van der Waals surface area contributed by atoms with Gasteiger partial charge in [0.2, 0.25) is 5.91 Å². The first-order chi connectivity index (χ1) is 8.27. The van der Waals surface area contributed by atoms with E-state index in [-0.39, 0.29) is 12.0 Å². The maximum absolute atomic E-state index is 10.8. The molecule has 0 aliphatic carbocycles. The highest BCUT2D eigenvalue weighted by Crippen LogP contribution is 2.17. The van der Waals surface area contributed by atoms with Gasteiger partial charge in [0.05, 0.1) is 24.8 Å². The molecule has 0 saturated carbocycles. The number of morpholine rings is 1. The molecule has 1 aromatic heterocycles. The number of hydrogen-bond acceptors (Lipinski definition) is 4. The minimum Gasteiger partial charge on any atom is -0.369 e. The van der Waals surface area contributed by atoms with E-state index in [9.17, 15) is 4.79 Å². The standard InChI is InChI=1S/C11H18N4O2/c1-9(16)14-2-4-15-8-13-6-10(15)11-7-12-3-5-17-11/h6,8,11-12H,2-5,7H2,1H3,(H,14,16). The van der Waals surface area contributed by atoms with Crippen molar-refractivity contribution in [1.82, 2.24) is 20.2 Å². The smallest absolute Gasteiger partial charge is 0.216 e. The van der Waals surface area contributed by atoms with Gasteiger partial charge in [-0.3, -0.25) is 4.79 Å². The molecule has 0 radical (unpaired) electrons. The van der Waals surface area contributed by atoms with E-state index in [0.29, 0.717) is 6.54 Å². The fourth-order valence-electron chi connectivity index (χ4n) is 1.89. The van der Waals surface area contributed by atoms with Crippen LogP contribution in [0.15, 0.2) is 12.5 Å². The van der Waals surface area contributed by atoms with Crippen molar-refractivity contribution >= 4 is 5.91 Å². The predicted molar refractivity (Wildman–Crippen MR) is 62.5 cm³/mol. The Kier molecular flexibility index (Phi) is 4.11. The van der Waals surface area contributed by atoms with E-state index in [1.54, 1.807) is 6.33 Å². The van der Waals surface area contributed by atoms with Gasteiger partial charge in [-0.15, -0.1) is 0 Å². The first kappa shape index (κ1) is 12.1. The summed E-state index contributed by atoms with van der Waals surface area (Å²) in [5.41, 5.74) is 1.06. The number of amides is 1. The van der Waals surface area contributed by atoms with Crippen LogP contribution < -0.4 is 10.6 Å². The topological polar surface area (TPSA) is 68.2 Å². The van der Waals surface area contributed by atoms with Crippen molar-refractivity contribution in [2.45, 2.75) is 19.6 Å². The zero-order chi connectivity index (χ0) is 12.1. The molecule has 1 atom stereocenters. The van der Waals surface area contributed by atoms with Crippen molar-refractivity contribution in [3.8, 4) is 0 Å². The maximum atomic E-state index is 10.8. The quantitative estimate of drug-likeness (QED) is 0.754. The lowest BCUT2D eigenvalue weighted by Gasteiger charge is -2.24. The molecule has 0 spiro atoms. The highest BCUT2D eigenvalue weighted by Gasteiger charge is 2.19. The molecule has 6 heteroatoms. The van der Waals surface area contributed by atoms with E-state index < -0.39 is 0 Å². The molecule has 2 rings (SSSR count). The Hall–Kier alpha value is -1.40. The van der Waals surface area contributed by atoms with Gasteiger partial charge < -0.3 is 19.9 Å². The molecule has 1 saturated heterocycles. The van der Waals surface area contributed by atoms with Crippen LogP contribution >= 0.6 is 0 Å². The van der Waals surface area contributed by atoms with E-state index >= 15 is 0 Å². The molecule has 1 aliphatic rings. The summed E-state index contributed by atoms with van der Waals surface area (Å²) in [5, 5.41) is 6.06. The first-order valence-electron chi connectivity index (χ1n) is 5.84. The molecule has 6 nitrogen and oxygen atoms in total. The van der Waals surface area contributed by atoms with Crippen molar-refractivity contribution in [1.29, 1.82) is 0 Å². The zero-order valence-corrected chi connectivity index (χ0v) is 9.98. The third-order valence-electron chi connectivity index (χ3n) is 2.73. The summed E-state index contributed by atoms with van der Waals surface area (Å²) in [6.45, 7) is 5.28. The van der Waals surface area contributed by atoms with Crippen LogP contribution in [0, 0.1) is 0 Å². The number of carbonyl (C=O) groups excluding carboxylic acids is 1. The van der Waals surface area contributed by atoms with Gasteiger partial charge in [0.1, 0.15) is 6.10 Å². The number of nitrogens with one attached hydrogen (secondary N) is 2. The average Bonchev–Trinajstić information content (AvgIpc) is 2.78. The number of nitrogens with zero attached hydrogens (tertiary/aromatic N) is 2. The van der Waals surface area contributed by atoms with E-state index in [1.807, 2.05) is 10.8 Å². The summed E-state index contributed by atoms with van der Waals surface area (Å²) in [6.07, 6.45) is 3.66. The van der Waals surface area contributed by atoms with E-state index in [4.69, 9.17) is 4.74 Å². The monoisotopic (exact) mass is 238 g/mol. The van der Waals surface area contributed by atoms with Crippen LogP contribution in [0.2, 0.25) is 0 Å². The second-order valence-electron chi connectivity index (χ2n) is 4.06. The summed E-state index contributed by atoms with van der Waals surface area (Å²) >= 11 is 0. The molecule has 1 unspecified atom stereocenters. The lowest BCUT2D eigenvalue weighted by molar-refractivity contribution is -0.118. The minimum absolute atomic E-state index is 0.0118. The highest BCUT2D eigenvalue weighted by atomic mass is 16.5. The Morgan fingerprint density at radius 1 is 1.76 bits per heavy atom. The number of rotatable bonds is 4. The van der Waals surface area contributed by atoms with Crippen LogP contribution in [0.4, 0.5) is 0 Å². The van der Waals surface area contributed by atoms with E-state index in [2.05, 4.69) is 15.6 Å². The molecule has 2 heterocycles. The van der Waals surface area contributed by atoms with Gasteiger partial charge in [-0.1, -0.05) is 0 Å². The molecular formula is C11H18N4O2. The summed E-state index contributed by atoms with van der Waals surface area (Å²) in [5.74, 6) is -0.0118. The number of carbonyl (C=O) groups is 1. The van der Waals surface area contributed by atoms with Crippen molar-refractivity contribution in [2.24, 2.45) is 0 Å².